The third kappa shape index (κ3) is 7.17. The van der Waals surface area contributed by atoms with Crippen molar-refractivity contribution in [3.63, 3.8) is 0 Å². The highest BCUT2D eigenvalue weighted by Gasteiger charge is 2.43. The van der Waals surface area contributed by atoms with E-state index < -0.39 is 24.6 Å². The molecule has 0 aromatic carbocycles. The summed E-state index contributed by atoms with van der Waals surface area (Å²) < 4.78 is 37.8. The molecule has 0 rings (SSSR count). The molecule has 0 aliphatic rings. The van der Waals surface area contributed by atoms with Gasteiger partial charge >= 0.3 is 12.1 Å². The van der Waals surface area contributed by atoms with Crippen LogP contribution in [0.1, 0.15) is 12.8 Å². The summed E-state index contributed by atoms with van der Waals surface area (Å²) in [5.41, 5.74) is 0. The second-order valence-electron chi connectivity index (χ2n) is 4.29. The van der Waals surface area contributed by atoms with Gasteiger partial charge in [0.05, 0.1) is 6.42 Å². The number of halogens is 3. The Balaban J connectivity index is 4.33. The first-order valence-corrected chi connectivity index (χ1v) is 5.28. The summed E-state index contributed by atoms with van der Waals surface area (Å²) in [6.07, 6.45) is -4.86. The molecular weight excluding hydrogens is 237 g/mol. The van der Waals surface area contributed by atoms with Gasteiger partial charge in [-0.3, -0.25) is 9.69 Å². The van der Waals surface area contributed by atoms with Crippen LogP contribution in [0.4, 0.5) is 13.2 Å². The normalized spacial score (nSPS) is 14.4. The first-order chi connectivity index (χ1) is 7.64. The van der Waals surface area contributed by atoms with Crippen LogP contribution >= 0.6 is 0 Å². The fraction of sp³-hybridized carbons (Fsp3) is 0.900. The second kappa shape index (κ2) is 6.80. The Hall–Kier alpha value is -0.820. The van der Waals surface area contributed by atoms with Crippen LogP contribution in [0.25, 0.3) is 0 Å². The third-order valence-electron chi connectivity index (χ3n) is 2.39. The van der Waals surface area contributed by atoms with Crippen molar-refractivity contribution in [2.24, 2.45) is 0 Å². The van der Waals surface area contributed by atoms with Gasteiger partial charge in [-0.05, 0) is 40.7 Å². The lowest BCUT2D eigenvalue weighted by Crippen LogP contribution is -2.45. The van der Waals surface area contributed by atoms with Crippen molar-refractivity contribution < 1.29 is 23.1 Å². The molecule has 0 aliphatic heterocycles. The van der Waals surface area contributed by atoms with Gasteiger partial charge in [-0.1, -0.05) is 0 Å². The Morgan fingerprint density at radius 3 is 2.12 bits per heavy atom. The van der Waals surface area contributed by atoms with Crippen molar-refractivity contribution in [3.05, 3.63) is 0 Å². The molecule has 0 aliphatic carbocycles. The lowest BCUT2D eigenvalue weighted by Gasteiger charge is -2.29. The fourth-order valence-electron chi connectivity index (χ4n) is 1.48. The van der Waals surface area contributed by atoms with Gasteiger partial charge in [0.1, 0.15) is 6.04 Å². The maximum Gasteiger partial charge on any atom is 0.404 e. The summed E-state index contributed by atoms with van der Waals surface area (Å²) in [5.74, 6) is -1.44. The molecule has 1 unspecified atom stereocenters. The molecule has 17 heavy (non-hydrogen) atoms. The molecule has 0 heterocycles. The molecule has 0 bridgehead atoms. The van der Waals surface area contributed by atoms with E-state index in [0.29, 0.717) is 13.0 Å². The molecular formula is C10H19F3N2O2. The van der Waals surface area contributed by atoms with Crippen molar-refractivity contribution in [2.75, 3.05) is 34.2 Å². The lowest BCUT2D eigenvalue weighted by atomic mass is 10.1. The summed E-state index contributed by atoms with van der Waals surface area (Å²) >= 11 is 0. The van der Waals surface area contributed by atoms with Gasteiger partial charge in [-0.2, -0.15) is 13.2 Å². The Bertz CT molecular complexity index is 244. The molecule has 0 radical (unpaired) electrons. The maximum atomic E-state index is 12.6. The van der Waals surface area contributed by atoms with Crippen molar-refractivity contribution in [1.29, 1.82) is 0 Å². The smallest absolute Gasteiger partial charge is 0.404 e. The van der Waals surface area contributed by atoms with Gasteiger partial charge < -0.3 is 10.0 Å². The van der Waals surface area contributed by atoms with Crippen molar-refractivity contribution >= 4 is 5.97 Å². The second-order valence-corrected chi connectivity index (χ2v) is 4.29. The Morgan fingerprint density at radius 1 is 1.24 bits per heavy atom. The van der Waals surface area contributed by atoms with E-state index in [1.807, 2.05) is 19.0 Å². The standard InChI is InChI=1S/C10H19F3N2O2/c1-14(2)5-4-6-15(3)8(7-9(16)17)10(11,12)13/h8H,4-7H2,1-3H3,(H,16,17). The van der Waals surface area contributed by atoms with Crippen molar-refractivity contribution in [2.45, 2.75) is 25.1 Å². The summed E-state index contributed by atoms with van der Waals surface area (Å²) in [4.78, 5) is 13.3. The summed E-state index contributed by atoms with van der Waals surface area (Å²) in [6, 6.07) is -1.91. The molecule has 0 fully saturated rings. The van der Waals surface area contributed by atoms with Crippen LogP contribution in [0.2, 0.25) is 0 Å². The maximum absolute atomic E-state index is 12.6. The summed E-state index contributed by atoms with van der Waals surface area (Å²) in [5, 5.41) is 8.47. The van der Waals surface area contributed by atoms with Crippen LogP contribution in [0.15, 0.2) is 0 Å². The molecule has 0 saturated heterocycles. The molecule has 0 spiro atoms. The molecule has 0 saturated carbocycles. The molecule has 0 aromatic rings. The predicted molar refractivity (Wildman–Crippen MR) is 57.9 cm³/mol. The first-order valence-electron chi connectivity index (χ1n) is 5.28. The van der Waals surface area contributed by atoms with Gasteiger partial charge in [0, 0.05) is 0 Å². The van der Waals surface area contributed by atoms with Gasteiger partial charge in [-0.25, -0.2) is 0 Å². The number of alkyl halides is 3. The summed E-state index contributed by atoms with van der Waals surface area (Å²) in [7, 11) is 4.97. The predicted octanol–water partition coefficient (Wildman–Crippen LogP) is 1.28. The van der Waals surface area contributed by atoms with E-state index in [0.717, 1.165) is 4.90 Å². The largest absolute Gasteiger partial charge is 0.481 e. The highest BCUT2D eigenvalue weighted by Crippen LogP contribution is 2.26. The number of carboxylic acids is 1. The average molecular weight is 256 g/mol. The molecule has 102 valence electrons. The molecule has 0 amide bonds. The van der Waals surface area contributed by atoms with E-state index in [9.17, 15) is 18.0 Å². The van der Waals surface area contributed by atoms with E-state index >= 15 is 0 Å². The van der Waals surface area contributed by atoms with E-state index in [1.54, 1.807) is 0 Å². The van der Waals surface area contributed by atoms with Gasteiger partial charge in [0.2, 0.25) is 0 Å². The van der Waals surface area contributed by atoms with Crippen molar-refractivity contribution in [1.82, 2.24) is 9.80 Å². The third-order valence-corrected chi connectivity index (χ3v) is 2.39. The van der Waals surface area contributed by atoms with Gasteiger partial charge in [0.15, 0.2) is 0 Å². The number of hydrogen-bond acceptors (Lipinski definition) is 3. The minimum absolute atomic E-state index is 0.218. The highest BCUT2D eigenvalue weighted by molar-refractivity contribution is 5.67. The lowest BCUT2D eigenvalue weighted by molar-refractivity contribution is -0.187. The molecule has 4 nitrogen and oxygen atoms in total. The van der Waals surface area contributed by atoms with Crippen molar-refractivity contribution in [3.8, 4) is 0 Å². The van der Waals surface area contributed by atoms with Gasteiger partial charge in [-0.15, -0.1) is 0 Å². The first kappa shape index (κ1) is 16.2. The number of aliphatic carboxylic acids is 1. The zero-order valence-electron chi connectivity index (χ0n) is 10.3. The van der Waals surface area contributed by atoms with Crippen LogP contribution in [0.5, 0.6) is 0 Å². The Kier molecular flexibility index (Phi) is 6.48. The summed E-state index contributed by atoms with van der Waals surface area (Å²) in [6.45, 7) is 0.887. The minimum atomic E-state index is -4.51. The highest BCUT2D eigenvalue weighted by atomic mass is 19.4. The number of carbonyl (C=O) groups is 1. The van der Waals surface area contributed by atoms with Crippen LogP contribution in [-0.4, -0.2) is 67.3 Å². The SMILES string of the molecule is CN(C)CCCN(C)C(CC(=O)O)C(F)(F)F. The topological polar surface area (TPSA) is 43.8 Å². The zero-order valence-corrected chi connectivity index (χ0v) is 10.3. The number of hydrogen-bond donors (Lipinski definition) is 1. The van der Waals surface area contributed by atoms with Crippen LogP contribution < -0.4 is 0 Å². The molecule has 1 N–H and O–H groups in total. The molecule has 1 atom stereocenters. The number of rotatable bonds is 7. The van der Waals surface area contributed by atoms with Crippen LogP contribution in [-0.2, 0) is 4.79 Å². The van der Waals surface area contributed by atoms with E-state index in [-0.39, 0.29) is 6.54 Å². The Labute approximate surface area is 99.0 Å². The van der Waals surface area contributed by atoms with E-state index in [2.05, 4.69) is 0 Å². The fourth-order valence-corrected chi connectivity index (χ4v) is 1.48. The van der Waals surface area contributed by atoms with Crippen LogP contribution in [0, 0.1) is 0 Å². The quantitative estimate of drug-likeness (QED) is 0.745. The molecule has 0 aromatic heterocycles. The molecule has 7 heteroatoms. The Morgan fingerprint density at radius 2 is 1.76 bits per heavy atom. The number of carboxylic acid groups (broad SMARTS) is 1. The minimum Gasteiger partial charge on any atom is -0.481 e. The van der Waals surface area contributed by atoms with E-state index in [4.69, 9.17) is 5.11 Å². The average Bonchev–Trinajstić information content (AvgIpc) is 2.11. The van der Waals surface area contributed by atoms with Crippen LogP contribution in [0.3, 0.4) is 0 Å². The van der Waals surface area contributed by atoms with E-state index in [1.165, 1.54) is 7.05 Å². The van der Waals surface area contributed by atoms with Gasteiger partial charge in [0.25, 0.3) is 0 Å². The monoisotopic (exact) mass is 256 g/mol. The number of nitrogens with zero attached hydrogens (tertiary/aromatic N) is 2. The zero-order chi connectivity index (χ0) is 13.6.